The van der Waals surface area contributed by atoms with E-state index >= 15 is 0 Å². The summed E-state index contributed by atoms with van der Waals surface area (Å²) in [6.07, 6.45) is -1.20. The number of aryl methyl sites for hydroxylation is 1. The molecule has 1 aromatic heterocycles. The van der Waals surface area contributed by atoms with Gasteiger partial charge >= 0.3 is 0 Å². The largest absolute Gasteiger partial charge is 0.387 e. The van der Waals surface area contributed by atoms with Crippen molar-refractivity contribution in [3.8, 4) is 0 Å². The first-order valence-electron chi connectivity index (χ1n) is 8.83. The summed E-state index contributed by atoms with van der Waals surface area (Å²) in [6.45, 7) is 1.52. The van der Waals surface area contributed by atoms with Crippen LogP contribution in [0.1, 0.15) is 37.3 Å². The van der Waals surface area contributed by atoms with E-state index < -0.39 is 29.6 Å². The van der Waals surface area contributed by atoms with E-state index in [9.17, 15) is 23.5 Å². The van der Waals surface area contributed by atoms with Gasteiger partial charge in [-0.2, -0.15) is 0 Å². The lowest BCUT2D eigenvalue weighted by molar-refractivity contribution is 0.0919. The highest BCUT2D eigenvalue weighted by Gasteiger charge is 2.18. The highest BCUT2D eigenvalue weighted by atomic mass is 35.5. The van der Waals surface area contributed by atoms with Crippen molar-refractivity contribution < 1.29 is 23.5 Å². The molecular formula is C21H17ClF2N2O3S. The molecule has 0 bridgehead atoms. The number of aliphatic hydroxyl groups excluding tert-OH is 1. The van der Waals surface area contributed by atoms with Crippen molar-refractivity contribution in [2.75, 3.05) is 11.9 Å². The SMILES string of the molecule is Cc1cc(NC(=O)c2ccccc2Cl)sc1C(=O)NCC(O)c1ccc(F)c(F)c1. The zero-order valence-corrected chi connectivity index (χ0v) is 17.3. The summed E-state index contributed by atoms with van der Waals surface area (Å²) in [5.74, 6) is -2.96. The molecule has 0 spiro atoms. The van der Waals surface area contributed by atoms with Crippen LogP contribution in [0.4, 0.5) is 13.8 Å². The number of thiophene rings is 1. The zero-order chi connectivity index (χ0) is 21.8. The minimum atomic E-state index is -1.20. The average molecular weight is 451 g/mol. The summed E-state index contributed by atoms with van der Waals surface area (Å²) in [6, 6.07) is 11.3. The molecule has 3 aromatic rings. The summed E-state index contributed by atoms with van der Waals surface area (Å²) in [5.41, 5.74) is 1.09. The standard InChI is InChI=1S/C21H17ClF2N2O3S/c1-11-8-18(26-20(28)13-4-2-3-5-14(13)22)30-19(11)21(29)25-10-17(27)12-6-7-15(23)16(24)9-12/h2-9,17,27H,10H2,1H3,(H,25,29)(H,26,28). The number of anilines is 1. The molecule has 0 aliphatic rings. The maximum Gasteiger partial charge on any atom is 0.261 e. The van der Waals surface area contributed by atoms with Crippen LogP contribution in [0.15, 0.2) is 48.5 Å². The van der Waals surface area contributed by atoms with E-state index in [2.05, 4.69) is 10.6 Å². The predicted octanol–water partition coefficient (Wildman–Crippen LogP) is 4.70. The lowest BCUT2D eigenvalue weighted by Crippen LogP contribution is -2.28. The topological polar surface area (TPSA) is 78.4 Å². The molecule has 1 heterocycles. The number of nitrogens with one attached hydrogen (secondary N) is 2. The smallest absolute Gasteiger partial charge is 0.261 e. The van der Waals surface area contributed by atoms with Crippen LogP contribution in [0.25, 0.3) is 0 Å². The molecule has 0 aliphatic heterocycles. The quantitative estimate of drug-likeness (QED) is 0.509. The van der Waals surface area contributed by atoms with Crippen molar-refractivity contribution >= 4 is 39.8 Å². The molecule has 3 N–H and O–H groups in total. The lowest BCUT2D eigenvalue weighted by atomic mass is 10.1. The molecular weight excluding hydrogens is 434 g/mol. The fourth-order valence-corrected chi connectivity index (χ4v) is 3.91. The van der Waals surface area contributed by atoms with Gasteiger partial charge in [0.25, 0.3) is 11.8 Å². The van der Waals surface area contributed by atoms with Gasteiger partial charge in [0.05, 0.1) is 26.6 Å². The fraction of sp³-hybridized carbons (Fsp3) is 0.143. The summed E-state index contributed by atoms with van der Waals surface area (Å²) >= 11 is 7.09. The number of hydrogen-bond donors (Lipinski definition) is 3. The number of halogens is 3. The number of aliphatic hydroxyl groups is 1. The number of rotatable bonds is 6. The second kappa shape index (κ2) is 9.34. The van der Waals surface area contributed by atoms with E-state index in [1.54, 1.807) is 37.3 Å². The van der Waals surface area contributed by atoms with Gasteiger partial charge in [0, 0.05) is 6.54 Å². The van der Waals surface area contributed by atoms with Crippen molar-refractivity contribution in [2.24, 2.45) is 0 Å². The molecule has 2 aromatic carbocycles. The zero-order valence-electron chi connectivity index (χ0n) is 15.7. The monoisotopic (exact) mass is 450 g/mol. The average Bonchev–Trinajstić information content (AvgIpc) is 3.08. The molecule has 0 aliphatic carbocycles. The van der Waals surface area contributed by atoms with E-state index in [1.807, 2.05) is 0 Å². The Morgan fingerprint density at radius 3 is 2.53 bits per heavy atom. The molecule has 0 saturated carbocycles. The second-order valence-corrected chi connectivity index (χ2v) is 7.92. The minimum absolute atomic E-state index is 0.143. The summed E-state index contributed by atoms with van der Waals surface area (Å²) in [7, 11) is 0. The summed E-state index contributed by atoms with van der Waals surface area (Å²) < 4.78 is 26.3. The highest BCUT2D eigenvalue weighted by molar-refractivity contribution is 7.18. The number of amides is 2. The number of carbonyl (C=O) groups is 2. The van der Waals surface area contributed by atoms with Crippen LogP contribution in [0.3, 0.4) is 0 Å². The Kier molecular flexibility index (Phi) is 6.81. The van der Waals surface area contributed by atoms with Crippen molar-refractivity contribution in [1.82, 2.24) is 5.32 Å². The number of carbonyl (C=O) groups excluding carboxylic acids is 2. The third-order valence-corrected chi connectivity index (χ3v) is 5.74. The van der Waals surface area contributed by atoms with Crippen molar-refractivity contribution in [3.05, 3.63) is 86.8 Å². The van der Waals surface area contributed by atoms with Gasteiger partial charge < -0.3 is 15.7 Å². The molecule has 9 heteroatoms. The number of benzene rings is 2. The van der Waals surface area contributed by atoms with Crippen LogP contribution in [0.5, 0.6) is 0 Å². The summed E-state index contributed by atoms with van der Waals surface area (Å²) in [5, 5.41) is 16.1. The second-order valence-electron chi connectivity index (χ2n) is 6.46. The fourth-order valence-electron chi connectivity index (χ4n) is 2.70. The third-order valence-electron chi connectivity index (χ3n) is 4.26. The van der Waals surface area contributed by atoms with Gasteiger partial charge in [-0.05, 0) is 48.4 Å². The summed E-state index contributed by atoms with van der Waals surface area (Å²) in [4.78, 5) is 25.2. The Balaban J connectivity index is 1.64. The van der Waals surface area contributed by atoms with Gasteiger partial charge in [-0.1, -0.05) is 29.8 Å². The van der Waals surface area contributed by atoms with Gasteiger partial charge in [-0.25, -0.2) is 8.78 Å². The van der Waals surface area contributed by atoms with Gasteiger partial charge in [-0.15, -0.1) is 11.3 Å². The number of hydrogen-bond acceptors (Lipinski definition) is 4. The first kappa shape index (κ1) is 21.9. The van der Waals surface area contributed by atoms with Gasteiger partial charge in [0.15, 0.2) is 11.6 Å². The molecule has 3 rings (SSSR count). The Morgan fingerprint density at radius 2 is 1.83 bits per heavy atom. The highest BCUT2D eigenvalue weighted by Crippen LogP contribution is 2.28. The minimum Gasteiger partial charge on any atom is -0.387 e. The van der Waals surface area contributed by atoms with E-state index in [0.717, 1.165) is 23.5 Å². The molecule has 5 nitrogen and oxygen atoms in total. The van der Waals surface area contributed by atoms with Gasteiger partial charge in [-0.3, -0.25) is 9.59 Å². The van der Waals surface area contributed by atoms with E-state index in [0.29, 0.717) is 26.0 Å². The van der Waals surface area contributed by atoms with Crippen LogP contribution in [-0.2, 0) is 0 Å². The van der Waals surface area contributed by atoms with Crippen molar-refractivity contribution in [1.29, 1.82) is 0 Å². The molecule has 156 valence electrons. The normalized spacial score (nSPS) is 11.8. The van der Waals surface area contributed by atoms with Crippen LogP contribution in [-0.4, -0.2) is 23.5 Å². The molecule has 2 amide bonds. The third kappa shape index (κ3) is 5.02. The predicted molar refractivity (Wildman–Crippen MR) is 112 cm³/mol. The van der Waals surface area contributed by atoms with E-state index in [1.165, 1.54) is 6.07 Å². The Hall–Kier alpha value is -2.81. The van der Waals surface area contributed by atoms with Gasteiger partial charge in [0.2, 0.25) is 0 Å². The van der Waals surface area contributed by atoms with Crippen LogP contribution >= 0.6 is 22.9 Å². The van der Waals surface area contributed by atoms with Crippen LogP contribution in [0.2, 0.25) is 5.02 Å². The van der Waals surface area contributed by atoms with Gasteiger partial charge in [0.1, 0.15) is 0 Å². The van der Waals surface area contributed by atoms with Crippen LogP contribution < -0.4 is 10.6 Å². The van der Waals surface area contributed by atoms with E-state index in [-0.39, 0.29) is 12.1 Å². The maximum absolute atomic E-state index is 13.3. The molecule has 30 heavy (non-hydrogen) atoms. The van der Waals surface area contributed by atoms with Crippen molar-refractivity contribution in [3.63, 3.8) is 0 Å². The first-order valence-corrected chi connectivity index (χ1v) is 10.0. The molecule has 1 unspecified atom stereocenters. The molecule has 1 atom stereocenters. The van der Waals surface area contributed by atoms with E-state index in [4.69, 9.17) is 11.6 Å². The molecule has 0 radical (unpaired) electrons. The first-order chi connectivity index (χ1) is 14.3. The maximum atomic E-state index is 13.3. The molecule has 0 saturated heterocycles. The van der Waals surface area contributed by atoms with Crippen molar-refractivity contribution in [2.45, 2.75) is 13.0 Å². The molecule has 0 fully saturated rings. The Labute approximate surface area is 180 Å². The lowest BCUT2D eigenvalue weighted by Gasteiger charge is -2.12. The van der Waals surface area contributed by atoms with Crippen LogP contribution in [0, 0.1) is 18.6 Å². The Morgan fingerprint density at radius 1 is 1.10 bits per heavy atom. The Bertz CT molecular complexity index is 1100.